The van der Waals surface area contributed by atoms with Gasteiger partial charge in [-0.05, 0) is 43.5 Å². The number of allylic oxidation sites excluding steroid dienone is 2. The van der Waals surface area contributed by atoms with Crippen LogP contribution in [0.15, 0.2) is 34.8 Å². The second kappa shape index (κ2) is 8.68. The molecule has 2 aliphatic rings. The first-order chi connectivity index (χ1) is 13.4. The maximum atomic E-state index is 12.4. The molecular weight excluding hydrogens is 426 g/mol. The van der Waals surface area contributed by atoms with Crippen LogP contribution in [0.5, 0.6) is 0 Å². The molecule has 1 aromatic carbocycles. The number of benzene rings is 1. The number of halogens is 1. The smallest absolute Gasteiger partial charge is 0.243 e. The van der Waals surface area contributed by atoms with E-state index in [-0.39, 0.29) is 55.0 Å². The van der Waals surface area contributed by atoms with Crippen molar-refractivity contribution in [1.29, 1.82) is 0 Å². The second-order valence-corrected chi connectivity index (χ2v) is 7.93. The number of fused-ring (bicyclic) bond motifs is 1. The zero-order valence-electron chi connectivity index (χ0n) is 15.5. The van der Waals surface area contributed by atoms with Crippen LogP contribution in [0.1, 0.15) is 24.8 Å². The lowest BCUT2D eigenvalue weighted by atomic mass is 9.85. The number of imide groups is 1. The lowest BCUT2D eigenvalue weighted by molar-refractivity contribution is -0.140. The highest BCUT2D eigenvalue weighted by Gasteiger charge is 2.46. The number of anilines is 1. The van der Waals surface area contributed by atoms with Crippen LogP contribution in [0.4, 0.5) is 5.69 Å². The number of aryl methyl sites for hydroxylation is 1. The summed E-state index contributed by atoms with van der Waals surface area (Å²) in [6.45, 7) is 1.74. The lowest BCUT2D eigenvalue weighted by Crippen LogP contribution is -2.37. The Kier molecular flexibility index (Phi) is 6.28. The zero-order chi connectivity index (χ0) is 20.3. The van der Waals surface area contributed by atoms with Crippen LogP contribution in [0, 0.1) is 18.8 Å². The van der Waals surface area contributed by atoms with Crippen molar-refractivity contribution < 1.29 is 19.2 Å². The third kappa shape index (κ3) is 4.49. The van der Waals surface area contributed by atoms with Crippen LogP contribution in [0.25, 0.3) is 0 Å². The molecule has 0 saturated carbocycles. The number of amides is 4. The van der Waals surface area contributed by atoms with Crippen molar-refractivity contribution >= 4 is 45.2 Å². The fourth-order valence-corrected chi connectivity index (χ4v) is 4.01. The molecule has 1 heterocycles. The van der Waals surface area contributed by atoms with Crippen molar-refractivity contribution in [2.24, 2.45) is 11.8 Å². The molecule has 0 unspecified atom stereocenters. The van der Waals surface area contributed by atoms with E-state index in [1.165, 1.54) is 4.90 Å². The summed E-state index contributed by atoms with van der Waals surface area (Å²) in [6.07, 6.45) is 4.98. The van der Waals surface area contributed by atoms with Gasteiger partial charge in [-0.25, -0.2) is 0 Å². The summed E-state index contributed by atoms with van der Waals surface area (Å²) in [5.41, 5.74) is 1.57. The molecule has 1 fully saturated rings. The molecule has 0 spiro atoms. The number of rotatable bonds is 6. The van der Waals surface area contributed by atoms with Crippen molar-refractivity contribution in [3.8, 4) is 0 Å². The minimum absolute atomic E-state index is 0.0189. The molecule has 1 aromatic rings. The molecule has 1 aliphatic heterocycles. The van der Waals surface area contributed by atoms with Crippen LogP contribution < -0.4 is 10.6 Å². The molecule has 148 valence electrons. The van der Waals surface area contributed by atoms with Gasteiger partial charge in [-0.3, -0.25) is 24.1 Å². The van der Waals surface area contributed by atoms with E-state index in [0.717, 1.165) is 10.0 Å². The van der Waals surface area contributed by atoms with Gasteiger partial charge in [-0.1, -0.05) is 28.1 Å². The zero-order valence-corrected chi connectivity index (χ0v) is 17.1. The van der Waals surface area contributed by atoms with E-state index >= 15 is 0 Å². The monoisotopic (exact) mass is 447 g/mol. The normalized spacial score (nSPS) is 20.9. The fraction of sp³-hybridized carbons (Fsp3) is 0.400. The van der Waals surface area contributed by atoms with E-state index in [0.29, 0.717) is 18.5 Å². The maximum absolute atomic E-state index is 12.4. The van der Waals surface area contributed by atoms with Gasteiger partial charge < -0.3 is 10.6 Å². The van der Waals surface area contributed by atoms with E-state index in [1.807, 2.05) is 31.2 Å². The van der Waals surface area contributed by atoms with Gasteiger partial charge in [0.05, 0.1) is 18.4 Å². The Morgan fingerprint density at radius 1 is 1.11 bits per heavy atom. The Bertz CT molecular complexity index is 826. The van der Waals surface area contributed by atoms with Crippen LogP contribution in [-0.2, 0) is 19.2 Å². The molecule has 0 radical (unpaired) electrons. The molecule has 0 bridgehead atoms. The predicted molar refractivity (Wildman–Crippen MR) is 107 cm³/mol. The topological polar surface area (TPSA) is 95.6 Å². The number of nitrogens with one attached hydrogen (secondary N) is 2. The Balaban J connectivity index is 1.44. The number of carbonyl (C=O) groups is 4. The van der Waals surface area contributed by atoms with Crippen molar-refractivity contribution in [3.63, 3.8) is 0 Å². The van der Waals surface area contributed by atoms with E-state index in [1.54, 1.807) is 6.07 Å². The molecule has 1 aliphatic carbocycles. The first kappa shape index (κ1) is 20.3. The van der Waals surface area contributed by atoms with Gasteiger partial charge in [-0.15, -0.1) is 0 Å². The van der Waals surface area contributed by atoms with E-state index < -0.39 is 0 Å². The summed E-state index contributed by atoms with van der Waals surface area (Å²) < 4.78 is 0.915. The molecule has 8 heteroatoms. The van der Waals surface area contributed by atoms with Gasteiger partial charge in [0.25, 0.3) is 0 Å². The third-order valence-corrected chi connectivity index (χ3v) is 5.56. The Morgan fingerprint density at radius 2 is 1.75 bits per heavy atom. The highest BCUT2D eigenvalue weighted by atomic mass is 79.9. The van der Waals surface area contributed by atoms with Crippen LogP contribution >= 0.6 is 15.9 Å². The van der Waals surface area contributed by atoms with E-state index in [4.69, 9.17) is 0 Å². The third-order valence-electron chi connectivity index (χ3n) is 5.07. The summed E-state index contributed by atoms with van der Waals surface area (Å²) in [5.74, 6) is -1.70. The van der Waals surface area contributed by atoms with Gasteiger partial charge in [0.1, 0.15) is 0 Å². The Hall–Kier alpha value is -2.48. The summed E-state index contributed by atoms with van der Waals surface area (Å²) in [5, 5.41) is 5.27. The minimum atomic E-state index is -0.378. The van der Waals surface area contributed by atoms with Crippen molar-refractivity contribution in [2.75, 3.05) is 18.4 Å². The fourth-order valence-electron chi connectivity index (χ4n) is 3.53. The average molecular weight is 448 g/mol. The summed E-state index contributed by atoms with van der Waals surface area (Å²) in [6, 6.07) is 5.47. The highest BCUT2D eigenvalue weighted by Crippen LogP contribution is 2.34. The summed E-state index contributed by atoms with van der Waals surface area (Å²) in [4.78, 5) is 50.0. The van der Waals surface area contributed by atoms with Crippen LogP contribution in [0.3, 0.4) is 0 Å². The van der Waals surface area contributed by atoms with E-state index in [2.05, 4.69) is 26.6 Å². The number of nitrogens with zero attached hydrogens (tertiary/aromatic N) is 1. The van der Waals surface area contributed by atoms with Gasteiger partial charge in [0, 0.05) is 23.1 Å². The molecule has 3 rings (SSSR count). The lowest BCUT2D eigenvalue weighted by Gasteiger charge is -2.14. The molecule has 0 aromatic heterocycles. The molecule has 1 saturated heterocycles. The van der Waals surface area contributed by atoms with Crippen molar-refractivity contribution in [2.45, 2.75) is 26.2 Å². The average Bonchev–Trinajstić information content (AvgIpc) is 2.91. The highest BCUT2D eigenvalue weighted by molar-refractivity contribution is 9.10. The van der Waals surface area contributed by atoms with Crippen LogP contribution in [-0.4, -0.2) is 41.6 Å². The molecular formula is C20H22BrN3O4. The Morgan fingerprint density at radius 3 is 2.36 bits per heavy atom. The minimum Gasteiger partial charge on any atom is -0.347 e. The SMILES string of the molecule is Cc1cc(Br)ccc1NC(=O)CNC(=O)CCN1C(=O)[C@H]2CC=CC[C@@H]2C1=O. The number of hydrogen-bond acceptors (Lipinski definition) is 4. The molecule has 4 amide bonds. The summed E-state index contributed by atoms with van der Waals surface area (Å²) in [7, 11) is 0. The summed E-state index contributed by atoms with van der Waals surface area (Å²) >= 11 is 3.36. The first-order valence-corrected chi connectivity index (χ1v) is 9.99. The van der Waals surface area contributed by atoms with Gasteiger partial charge >= 0.3 is 0 Å². The maximum Gasteiger partial charge on any atom is 0.243 e. The molecule has 2 atom stereocenters. The second-order valence-electron chi connectivity index (χ2n) is 7.02. The van der Waals surface area contributed by atoms with Crippen molar-refractivity contribution in [1.82, 2.24) is 10.2 Å². The van der Waals surface area contributed by atoms with E-state index in [9.17, 15) is 19.2 Å². The van der Waals surface area contributed by atoms with Crippen molar-refractivity contribution in [3.05, 3.63) is 40.4 Å². The van der Waals surface area contributed by atoms with Crippen LogP contribution in [0.2, 0.25) is 0 Å². The quantitative estimate of drug-likeness (QED) is 0.515. The molecule has 28 heavy (non-hydrogen) atoms. The Labute approximate surface area is 171 Å². The number of likely N-dealkylation sites (tertiary alicyclic amines) is 1. The largest absolute Gasteiger partial charge is 0.347 e. The number of carbonyl (C=O) groups excluding carboxylic acids is 4. The molecule has 7 nitrogen and oxygen atoms in total. The molecule has 2 N–H and O–H groups in total. The van der Waals surface area contributed by atoms with Gasteiger partial charge in [0.15, 0.2) is 0 Å². The number of hydrogen-bond donors (Lipinski definition) is 2. The standard InChI is InChI=1S/C20H22BrN3O4/c1-12-10-13(21)6-7-16(12)23-18(26)11-22-17(25)8-9-24-19(27)14-4-2-3-5-15(14)20(24)28/h2-3,6-7,10,14-15H,4-5,8-9,11H2,1H3,(H,22,25)(H,23,26)/t14-,15-/m0/s1. The predicted octanol–water partition coefficient (Wildman–Crippen LogP) is 2.15. The van der Waals surface area contributed by atoms with Gasteiger partial charge in [-0.2, -0.15) is 0 Å². The first-order valence-electron chi connectivity index (χ1n) is 9.19. The van der Waals surface area contributed by atoms with Gasteiger partial charge in [0.2, 0.25) is 23.6 Å².